The molecule has 0 amide bonds. The molecule has 0 saturated carbocycles. The van der Waals surface area contributed by atoms with E-state index >= 15 is 0 Å². The zero-order valence-electron chi connectivity index (χ0n) is 39.3. The van der Waals surface area contributed by atoms with E-state index in [9.17, 15) is 5.26 Å². The van der Waals surface area contributed by atoms with Crippen molar-refractivity contribution in [1.29, 1.82) is 5.26 Å². The van der Waals surface area contributed by atoms with E-state index in [-0.39, 0.29) is 36.8 Å². The van der Waals surface area contributed by atoms with Crippen LogP contribution in [0.3, 0.4) is 0 Å². The Bertz CT molecular complexity index is 2020. The molecule has 340 valence electrons. The molecule has 15 heteroatoms. The zero-order valence-corrected chi connectivity index (χ0v) is 41.2. The number of benzene rings is 3. The summed E-state index contributed by atoms with van der Waals surface area (Å²) in [6.45, 7) is 19.9. The van der Waals surface area contributed by atoms with Crippen LogP contribution < -0.4 is 9.47 Å². The number of methoxy groups -OCH3 is 2. The summed E-state index contributed by atoms with van der Waals surface area (Å²) in [6.07, 6.45) is 2.72. The highest BCUT2D eigenvalue weighted by Crippen LogP contribution is 2.53. The molecule has 0 spiro atoms. The lowest BCUT2D eigenvalue weighted by atomic mass is 9.80. The summed E-state index contributed by atoms with van der Waals surface area (Å²) in [6, 6.07) is 28.5. The Morgan fingerprint density at radius 2 is 1.38 bits per heavy atom. The van der Waals surface area contributed by atoms with Crippen LogP contribution in [0.15, 0.2) is 96.2 Å². The summed E-state index contributed by atoms with van der Waals surface area (Å²) >= 11 is 0. The monoisotopic (exact) mass is 898 g/mol. The maximum Gasteiger partial charge on any atom is 0.259 e. The van der Waals surface area contributed by atoms with E-state index in [1.807, 2.05) is 85.7 Å². The number of nitrogens with zero attached hydrogens (tertiary/aromatic N) is 6. The maximum atomic E-state index is 9.57. The molecule has 1 aliphatic rings. The van der Waals surface area contributed by atoms with E-state index in [1.165, 1.54) is 0 Å². The van der Waals surface area contributed by atoms with E-state index < -0.39 is 46.9 Å². The van der Waals surface area contributed by atoms with Crippen LogP contribution in [-0.4, -0.2) is 106 Å². The molecule has 4 aromatic rings. The first-order chi connectivity index (χ1) is 29.9. The molecule has 1 aliphatic heterocycles. The van der Waals surface area contributed by atoms with E-state index in [1.54, 1.807) is 33.0 Å². The van der Waals surface area contributed by atoms with Crippen molar-refractivity contribution in [2.45, 2.75) is 115 Å². The largest absolute Gasteiger partial charge is 0.497 e. The average Bonchev–Trinajstić information content (AvgIpc) is 3.58. The van der Waals surface area contributed by atoms with Crippen molar-refractivity contribution in [3.63, 3.8) is 0 Å². The van der Waals surface area contributed by atoms with Gasteiger partial charge >= 0.3 is 0 Å². The predicted molar refractivity (Wildman–Crippen MR) is 252 cm³/mol. The van der Waals surface area contributed by atoms with Gasteiger partial charge in [0, 0.05) is 44.1 Å². The second kappa shape index (κ2) is 22.1. The molecule has 1 saturated heterocycles. The summed E-state index contributed by atoms with van der Waals surface area (Å²) in [5, 5.41) is 9.42. The van der Waals surface area contributed by atoms with Crippen LogP contribution in [0, 0.1) is 11.3 Å². The minimum absolute atomic E-state index is 0.0605. The highest BCUT2D eigenvalue weighted by atomic mass is 31.2. The number of hydrogen-bond acceptors (Lipinski definition) is 12. The van der Waals surface area contributed by atoms with Crippen LogP contribution in [0.4, 0.5) is 5.95 Å². The number of aliphatic imine (C=N–C) groups is 1. The third-order valence-corrected chi connectivity index (χ3v) is 18.1. The average molecular weight is 899 g/mol. The molecule has 5 atom stereocenters. The standard InChI is InChI=1S/C48H67N6O7PSi/c1-34(2)54(35(3)4)62(58-29-17-28-49)60-44-42(59-43(45(44)61-63(12,13)47(5,6)7)36-30-50-46(51-31-36)52-33-53(8)9)32-57-48(37-18-15-14-16-19-37,38-20-24-40(55-10)25-21-38)39-22-26-41(56-11)27-23-39/h14-16,18-27,30-31,33-35,42-45H,17,29,32H2,1-13H3/b52-33-/t42-,43+,44-,45+,62?/m1/s1. The highest BCUT2D eigenvalue weighted by Gasteiger charge is 2.54. The van der Waals surface area contributed by atoms with E-state index in [4.69, 9.17) is 32.4 Å². The summed E-state index contributed by atoms with van der Waals surface area (Å²) in [7, 11) is 2.84. The van der Waals surface area contributed by atoms with Gasteiger partial charge in [-0.05, 0) is 86.8 Å². The molecule has 5 rings (SSSR count). The third-order valence-electron chi connectivity index (χ3n) is 11.4. The Hall–Kier alpha value is -4.29. The normalized spacial score (nSPS) is 18.9. The summed E-state index contributed by atoms with van der Waals surface area (Å²) in [4.78, 5) is 15.5. The topological polar surface area (TPSA) is 133 Å². The van der Waals surface area contributed by atoms with E-state index in [2.05, 4.69) is 99.4 Å². The molecule has 63 heavy (non-hydrogen) atoms. The fraction of sp³-hybridized carbons (Fsp3) is 0.500. The molecule has 0 bridgehead atoms. The lowest BCUT2D eigenvalue weighted by Gasteiger charge is -2.42. The van der Waals surface area contributed by atoms with Gasteiger partial charge in [0.2, 0.25) is 0 Å². The van der Waals surface area contributed by atoms with Crippen molar-refractivity contribution < 1.29 is 32.4 Å². The summed E-state index contributed by atoms with van der Waals surface area (Å²) < 4.78 is 49.6. The minimum Gasteiger partial charge on any atom is -0.497 e. The van der Waals surface area contributed by atoms with Crippen LogP contribution in [0.1, 0.15) is 83.2 Å². The van der Waals surface area contributed by atoms with Gasteiger partial charge in [-0.1, -0.05) is 75.4 Å². The van der Waals surface area contributed by atoms with Gasteiger partial charge in [-0.2, -0.15) is 5.26 Å². The molecule has 13 nitrogen and oxygen atoms in total. The van der Waals surface area contributed by atoms with Gasteiger partial charge in [0.1, 0.15) is 41.5 Å². The lowest BCUT2D eigenvalue weighted by Crippen LogP contribution is -2.49. The van der Waals surface area contributed by atoms with Crippen LogP contribution in [0.2, 0.25) is 18.1 Å². The fourth-order valence-electron chi connectivity index (χ4n) is 7.29. The van der Waals surface area contributed by atoms with Gasteiger partial charge in [0.15, 0.2) is 8.32 Å². The Morgan fingerprint density at radius 1 is 0.841 bits per heavy atom. The molecule has 1 aromatic heterocycles. The first-order valence-corrected chi connectivity index (χ1v) is 25.6. The molecule has 0 aliphatic carbocycles. The smallest absolute Gasteiger partial charge is 0.259 e. The van der Waals surface area contributed by atoms with Crippen LogP contribution in [0.5, 0.6) is 11.5 Å². The SMILES string of the molecule is COc1ccc(C(OC[C@H]2O[C@@H](c3cnc(/N=C\N(C)C)nc3)[C@H](O[Si](C)(C)C(C)(C)C)[C@@H]2OP(OCCC#N)N(C(C)C)C(C)C)(c2ccccc2)c2ccc(OC)cc2)cc1. The van der Waals surface area contributed by atoms with Crippen molar-refractivity contribution in [2.75, 3.05) is 41.5 Å². The molecule has 1 unspecified atom stereocenters. The van der Waals surface area contributed by atoms with Crippen LogP contribution in [-0.2, 0) is 28.5 Å². The predicted octanol–water partition coefficient (Wildman–Crippen LogP) is 10.2. The quantitative estimate of drug-likeness (QED) is 0.0197. The molecular weight excluding hydrogens is 832 g/mol. The van der Waals surface area contributed by atoms with Gasteiger partial charge in [-0.15, -0.1) is 0 Å². The fourth-order valence-corrected chi connectivity index (χ4v) is 10.4. The first kappa shape index (κ1) is 49.7. The molecule has 0 radical (unpaired) electrons. The van der Waals surface area contributed by atoms with Gasteiger partial charge in [0.05, 0.1) is 46.3 Å². The van der Waals surface area contributed by atoms with Gasteiger partial charge in [-0.3, -0.25) is 0 Å². The van der Waals surface area contributed by atoms with Gasteiger partial charge < -0.3 is 37.3 Å². The van der Waals surface area contributed by atoms with Crippen molar-refractivity contribution >= 4 is 29.1 Å². The Labute approximate surface area is 377 Å². The van der Waals surface area contributed by atoms with Crippen molar-refractivity contribution in [1.82, 2.24) is 19.5 Å². The summed E-state index contributed by atoms with van der Waals surface area (Å²) in [5.74, 6) is 1.77. The maximum absolute atomic E-state index is 9.57. The number of aromatic nitrogens is 2. The molecule has 2 heterocycles. The second-order valence-electron chi connectivity index (χ2n) is 17.9. The van der Waals surface area contributed by atoms with Crippen molar-refractivity contribution in [3.8, 4) is 17.6 Å². The minimum atomic E-state index is -2.53. The Kier molecular flexibility index (Phi) is 17.4. The van der Waals surface area contributed by atoms with E-state index in [0.29, 0.717) is 5.95 Å². The Balaban J connectivity index is 1.72. The zero-order chi connectivity index (χ0) is 46.0. The Morgan fingerprint density at radius 3 is 1.86 bits per heavy atom. The summed E-state index contributed by atoms with van der Waals surface area (Å²) in [5.41, 5.74) is 2.27. The number of ether oxygens (including phenoxy) is 4. The first-order valence-electron chi connectivity index (χ1n) is 21.5. The number of rotatable bonds is 21. The van der Waals surface area contributed by atoms with Crippen molar-refractivity contribution in [2.24, 2.45) is 4.99 Å². The number of nitriles is 1. The van der Waals surface area contributed by atoms with Gasteiger partial charge in [-0.25, -0.2) is 19.6 Å². The van der Waals surface area contributed by atoms with E-state index in [0.717, 1.165) is 33.8 Å². The lowest BCUT2D eigenvalue weighted by molar-refractivity contribution is -0.0807. The van der Waals surface area contributed by atoms with Crippen LogP contribution >= 0.6 is 8.53 Å². The second-order valence-corrected chi connectivity index (χ2v) is 24.1. The highest BCUT2D eigenvalue weighted by molar-refractivity contribution is 7.44. The molecule has 0 N–H and O–H groups in total. The molecule has 3 aromatic carbocycles. The van der Waals surface area contributed by atoms with Crippen molar-refractivity contribution in [3.05, 3.63) is 114 Å². The van der Waals surface area contributed by atoms with Gasteiger partial charge in [0.25, 0.3) is 14.5 Å². The molecule has 1 fully saturated rings. The number of hydrogen-bond donors (Lipinski definition) is 0. The third kappa shape index (κ3) is 12.1. The molecular formula is C48H67N6O7PSi. The van der Waals surface area contributed by atoms with Crippen LogP contribution in [0.25, 0.3) is 0 Å².